The molecule has 27 heavy (non-hydrogen) atoms. The van der Waals surface area contributed by atoms with Gasteiger partial charge in [0.25, 0.3) is 0 Å². The fourth-order valence-corrected chi connectivity index (χ4v) is 3.16. The highest BCUT2D eigenvalue weighted by Gasteiger charge is 2.19. The van der Waals surface area contributed by atoms with Crippen molar-refractivity contribution in [3.8, 4) is 0 Å². The molecule has 0 radical (unpaired) electrons. The zero-order valence-corrected chi connectivity index (χ0v) is 16.7. The third-order valence-corrected chi connectivity index (χ3v) is 5.24. The highest BCUT2D eigenvalue weighted by Crippen LogP contribution is 2.12. The van der Waals surface area contributed by atoms with Crippen LogP contribution in [0.2, 0.25) is 0 Å². The first-order valence-electron chi connectivity index (χ1n) is 9.78. The second kappa shape index (κ2) is 10.2. The molecule has 0 bridgehead atoms. The molecule has 0 unspecified atom stereocenters. The number of nitrogens with zero attached hydrogens (tertiary/aromatic N) is 2. The van der Waals surface area contributed by atoms with E-state index in [2.05, 4.69) is 17.1 Å². The molecule has 1 aromatic carbocycles. The van der Waals surface area contributed by atoms with E-state index in [-0.39, 0.29) is 30.4 Å². The van der Waals surface area contributed by atoms with Crippen LogP contribution in [0.4, 0.5) is 0 Å². The number of nitrogens with one attached hydrogen (secondary N) is 1. The monoisotopic (exact) mass is 373 g/mol. The van der Waals surface area contributed by atoms with Gasteiger partial charge in [0.05, 0.1) is 0 Å². The molecule has 148 valence electrons. The molecule has 1 aliphatic rings. The van der Waals surface area contributed by atoms with Gasteiger partial charge in [0.1, 0.15) is 0 Å². The van der Waals surface area contributed by atoms with Gasteiger partial charge in [0.15, 0.2) is 5.78 Å². The second-order valence-corrected chi connectivity index (χ2v) is 7.14. The summed E-state index contributed by atoms with van der Waals surface area (Å²) < 4.78 is 0. The van der Waals surface area contributed by atoms with Crippen LogP contribution in [0.25, 0.3) is 0 Å². The Balaban J connectivity index is 1.65. The van der Waals surface area contributed by atoms with Crippen molar-refractivity contribution in [2.45, 2.75) is 40.0 Å². The van der Waals surface area contributed by atoms with Gasteiger partial charge in [-0.25, -0.2) is 0 Å². The number of hydrogen-bond acceptors (Lipinski definition) is 4. The Labute approximate surface area is 161 Å². The number of Topliss-reactive ketones (excluding diaryl/α,β-unsaturated/α-hetero) is 1. The van der Waals surface area contributed by atoms with Gasteiger partial charge in [-0.15, -0.1) is 0 Å². The average molecular weight is 373 g/mol. The molecular weight excluding hydrogens is 342 g/mol. The molecule has 0 spiro atoms. The lowest BCUT2D eigenvalue weighted by Crippen LogP contribution is -2.49. The van der Waals surface area contributed by atoms with Crippen molar-refractivity contribution in [2.24, 2.45) is 0 Å². The molecule has 1 aromatic rings. The number of likely N-dealkylation sites (N-methyl/N-ethyl adjacent to an activating group) is 1. The van der Waals surface area contributed by atoms with E-state index in [1.165, 1.54) is 0 Å². The SMILES string of the molecule is CCN1CCN(C(=O)CCNC(=O)CCC(=O)c2ccc(C)c(C)c2)CC1. The summed E-state index contributed by atoms with van der Waals surface area (Å²) in [6, 6.07) is 5.60. The molecular formula is C21H31N3O3. The normalized spacial score (nSPS) is 14.9. The maximum absolute atomic E-state index is 12.2. The van der Waals surface area contributed by atoms with E-state index in [0.29, 0.717) is 18.5 Å². The van der Waals surface area contributed by atoms with Crippen LogP contribution < -0.4 is 5.32 Å². The fraction of sp³-hybridized carbons (Fsp3) is 0.571. The van der Waals surface area contributed by atoms with Crippen molar-refractivity contribution in [3.05, 3.63) is 34.9 Å². The number of carbonyl (C=O) groups excluding carboxylic acids is 3. The van der Waals surface area contributed by atoms with E-state index in [1.54, 1.807) is 6.07 Å². The van der Waals surface area contributed by atoms with Gasteiger partial charge < -0.3 is 15.1 Å². The van der Waals surface area contributed by atoms with Crippen molar-refractivity contribution in [3.63, 3.8) is 0 Å². The largest absolute Gasteiger partial charge is 0.356 e. The zero-order chi connectivity index (χ0) is 19.8. The van der Waals surface area contributed by atoms with E-state index >= 15 is 0 Å². The highest BCUT2D eigenvalue weighted by molar-refractivity contribution is 5.98. The molecule has 6 heteroatoms. The first-order valence-corrected chi connectivity index (χ1v) is 9.78. The minimum absolute atomic E-state index is 0.0295. The molecule has 1 aliphatic heterocycles. The van der Waals surface area contributed by atoms with Crippen LogP contribution in [0, 0.1) is 13.8 Å². The number of rotatable bonds is 8. The topological polar surface area (TPSA) is 69.7 Å². The van der Waals surface area contributed by atoms with Crippen LogP contribution >= 0.6 is 0 Å². The summed E-state index contributed by atoms with van der Waals surface area (Å²) >= 11 is 0. The van der Waals surface area contributed by atoms with Crippen molar-refractivity contribution >= 4 is 17.6 Å². The van der Waals surface area contributed by atoms with Crippen LogP contribution in [0.3, 0.4) is 0 Å². The molecule has 2 rings (SSSR count). The maximum Gasteiger partial charge on any atom is 0.224 e. The van der Waals surface area contributed by atoms with Gasteiger partial charge in [0, 0.05) is 57.5 Å². The summed E-state index contributed by atoms with van der Waals surface area (Å²) in [6.07, 6.45) is 0.638. The van der Waals surface area contributed by atoms with Crippen LogP contribution in [0.1, 0.15) is 47.7 Å². The molecule has 0 atom stereocenters. The number of carbonyl (C=O) groups is 3. The van der Waals surface area contributed by atoms with Gasteiger partial charge in [0.2, 0.25) is 11.8 Å². The van der Waals surface area contributed by atoms with E-state index in [0.717, 1.165) is 43.9 Å². The Morgan fingerprint density at radius 2 is 1.67 bits per heavy atom. The second-order valence-electron chi connectivity index (χ2n) is 7.14. The summed E-state index contributed by atoms with van der Waals surface area (Å²) in [6.45, 7) is 10.8. The van der Waals surface area contributed by atoms with Crippen LogP contribution in [0.15, 0.2) is 18.2 Å². The average Bonchev–Trinajstić information content (AvgIpc) is 2.68. The van der Waals surface area contributed by atoms with Crippen LogP contribution in [-0.4, -0.2) is 66.7 Å². The Morgan fingerprint density at radius 3 is 2.30 bits per heavy atom. The summed E-state index contributed by atoms with van der Waals surface area (Å²) in [5.74, 6) is -0.133. The molecule has 1 N–H and O–H groups in total. The lowest BCUT2D eigenvalue weighted by atomic mass is 10.0. The lowest BCUT2D eigenvalue weighted by molar-refractivity contribution is -0.132. The van der Waals surface area contributed by atoms with Gasteiger partial charge in [-0.3, -0.25) is 14.4 Å². The van der Waals surface area contributed by atoms with E-state index in [9.17, 15) is 14.4 Å². The number of piperazine rings is 1. The quantitative estimate of drug-likeness (QED) is 0.707. The molecule has 1 saturated heterocycles. The molecule has 0 saturated carbocycles. The van der Waals surface area contributed by atoms with E-state index in [1.807, 2.05) is 30.9 Å². The van der Waals surface area contributed by atoms with Crippen molar-refractivity contribution in [1.82, 2.24) is 15.1 Å². The zero-order valence-electron chi connectivity index (χ0n) is 16.7. The van der Waals surface area contributed by atoms with Crippen LogP contribution in [-0.2, 0) is 9.59 Å². The van der Waals surface area contributed by atoms with Crippen LogP contribution in [0.5, 0.6) is 0 Å². The Morgan fingerprint density at radius 1 is 0.963 bits per heavy atom. The van der Waals surface area contributed by atoms with Crippen molar-refractivity contribution in [2.75, 3.05) is 39.3 Å². The van der Waals surface area contributed by atoms with Gasteiger partial charge in [-0.05, 0) is 37.6 Å². The Hall–Kier alpha value is -2.21. The van der Waals surface area contributed by atoms with Gasteiger partial charge in [-0.2, -0.15) is 0 Å². The molecule has 2 amide bonds. The number of amides is 2. The molecule has 6 nitrogen and oxygen atoms in total. The summed E-state index contributed by atoms with van der Waals surface area (Å²) in [7, 11) is 0. The number of hydrogen-bond donors (Lipinski definition) is 1. The van der Waals surface area contributed by atoms with Crippen molar-refractivity contribution < 1.29 is 14.4 Å². The highest BCUT2D eigenvalue weighted by atomic mass is 16.2. The van der Waals surface area contributed by atoms with Crippen molar-refractivity contribution in [1.29, 1.82) is 0 Å². The third-order valence-electron chi connectivity index (χ3n) is 5.24. The van der Waals surface area contributed by atoms with E-state index in [4.69, 9.17) is 0 Å². The molecule has 0 aliphatic carbocycles. The third kappa shape index (κ3) is 6.47. The predicted molar refractivity (Wildman–Crippen MR) is 106 cm³/mol. The first-order chi connectivity index (χ1) is 12.9. The number of benzene rings is 1. The summed E-state index contributed by atoms with van der Waals surface area (Å²) in [5.41, 5.74) is 2.86. The molecule has 0 aromatic heterocycles. The first kappa shape index (κ1) is 21.1. The summed E-state index contributed by atoms with van der Waals surface area (Å²) in [5, 5.41) is 2.75. The summed E-state index contributed by atoms with van der Waals surface area (Å²) in [4.78, 5) is 40.5. The minimum Gasteiger partial charge on any atom is -0.356 e. The van der Waals surface area contributed by atoms with Gasteiger partial charge >= 0.3 is 0 Å². The predicted octanol–water partition coefficient (Wildman–Crippen LogP) is 1.94. The standard InChI is InChI=1S/C21H31N3O3/c1-4-23-11-13-24(14-12-23)21(27)9-10-22-20(26)8-7-19(25)18-6-5-16(2)17(3)15-18/h5-6,15H,4,7-14H2,1-3H3,(H,22,26). The fourth-order valence-electron chi connectivity index (χ4n) is 3.16. The lowest BCUT2D eigenvalue weighted by Gasteiger charge is -2.34. The van der Waals surface area contributed by atoms with Gasteiger partial charge in [-0.1, -0.05) is 19.1 Å². The molecule has 1 fully saturated rings. The number of ketones is 1. The van der Waals surface area contributed by atoms with E-state index < -0.39 is 0 Å². The Kier molecular flexibility index (Phi) is 7.98. The molecule has 1 heterocycles. The Bertz CT molecular complexity index is 679. The number of aryl methyl sites for hydroxylation is 2. The minimum atomic E-state index is -0.184. The maximum atomic E-state index is 12.2. The smallest absolute Gasteiger partial charge is 0.224 e.